The average molecular weight is 498 g/mol. The SMILES string of the molecule is CC(=O)N[C@H](Cc1cccc(F)c1)C(=O)N[C@@H](Cc1ccc(I)cc1)C(=O)O. The predicted molar refractivity (Wildman–Crippen MR) is 110 cm³/mol. The van der Waals surface area contributed by atoms with E-state index >= 15 is 0 Å². The highest BCUT2D eigenvalue weighted by atomic mass is 127. The van der Waals surface area contributed by atoms with Crippen LogP contribution in [0.25, 0.3) is 0 Å². The molecule has 0 bridgehead atoms. The lowest BCUT2D eigenvalue weighted by atomic mass is 10.0. The fraction of sp³-hybridized carbons (Fsp3) is 0.250. The second-order valence-electron chi connectivity index (χ2n) is 6.32. The quantitative estimate of drug-likeness (QED) is 0.487. The number of halogens is 2. The molecule has 0 aliphatic carbocycles. The van der Waals surface area contributed by atoms with Crippen LogP contribution in [0.4, 0.5) is 4.39 Å². The molecule has 2 amide bonds. The number of carbonyl (C=O) groups excluding carboxylic acids is 2. The first kappa shape index (κ1) is 21.8. The van der Waals surface area contributed by atoms with Crippen molar-refractivity contribution < 1.29 is 23.9 Å². The molecule has 6 nitrogen and oxygen atoms in total. The zero-order valence-corrected chi connectivity index (χ0v) is 17.3. The summed E-state index contributed by atoms with van der Waals surface area (Å²) in [6.07, 6.45) is 0.143. The predicted octanol–water partition coefficient (Wildman–Crippen LogP) is 2.29. The molecule has 0 spiro atoms. The molecule has 2 rings (SSSR count). The molecule has 2 aromatic carbocycles. The van der Waals surface area contributed by atoms with Gasteiger partial charge in [-0.1, -0.05) is 24.3 Å². The van der Waals surface area contributed by atoms with E-state index in [1.54, 1.807) is 18.2 Å². The molecule has 2 aromatic rings. The Hall–Kier alpha value is -2.49. The topological polar surface area (TPSA) is 95.5 Å². The summed E-state index contributed by atoms with van der Waals surface area (Å²) in [5, 5.41) is 14.4. The molecular weight excluding hydrogens is 478 g/mol. The molecule has 0 fully saturated rings. The van der Waals surface area contributed by atoms with E-state index < -0.39 is 35.7 Å². The number of carbonyl (C=O) groups is 3. The Balaban J connectivity index is 2.12. The highest BCUT2D eigenvalue weighted by Crippen LogP contribution is 2.10. The average Bonchev–Trinajstić information content (AvgIpc) is 2.62. The van der Waals surface area contributed by atoms with Gasteiger partial charge in [-0.2, -0.15) is 0 Å². The molecular formula is C20H20FIN2O4. The molecule has 2 atom stereocenters. The third-order valence-electron chi connectivity index (χ3n) is 3.99. The van der Waals surface area contributed by atoms with Crippen LogP contribution < -0.4 is 10.6 Å². The number of nitrogens with one attached hydrogen (secondary N) is 2. The van der Waals surface area contributed by atoms with E-state index in [4.69, 9.17) is 0 Å². The summed E-state index contributed by atoms with van der Waals surface area (Å²) < 4.78 is 14.4. The lowest BCUT2D eigenvalue weighted by Gasteiger charge is -2.21. The number of benzene rings is 2. The van der Waals surface area contributed by atoms with E-state index in [2.05, 4.69) is 33.2 Å². The molecule has 0 aliphatic heterocycles. The van der Waals surface area contributed by atoms with E-state index in [0.29, 0.717) is 5.56 Å². The minimum absolute atomic E-state index is 0.0407. The van der Waals surface area contributed by atoms with E-state index in [1.807, 2.05) is 12.1 Å². The number of carboxylic acid groups (broad SMARTS) is 1. The highest BCUT2D eigenvalue weighted by Gasteiger charge is 2.26. The molecule has 0 aliphatic rings. The third kappa shape index (κ3) is 6.91. The van der Waals surface area contributed by atoms with Crippen molar-refractivity contribution in [2.24, 2.45) is 0 Å². The Morgan fingerprint density at radius 2 is 1.64 bits per heavy atom. The molecule has 0 radical (unpaired) electrons. The number of carboxylic acids is 1. The first-order valence-electron chi connectivity index (χ1n) is 8.53. The van der Waals surface area contributed by atoms with E-state index in [9.17, 15) is 23.9 Å². The summed E-state index contributed by atoms with van der Waals surface area (Å²) in [4.78, 5) is 35.7. The van der Waals surface area contributed by atoms with Crippen molar-refractivity contribution in [2.45, 2.75) is 31.8 Å². The van der Waals surface area contributed by atoms with Gasteiger partial charge in [0, 0.05) is 23.3 Å². The van der Waals surface area contributed by atoms with Crippen LogP contribution in [0.3, 0.4) is 0 Å². The van der Waals surface area contributed by atoms with E-state index in [0.717, 1.165) is 9.13 Å². The van der Waals surface area contributed by atoms with Crippen molar-refractivity contribution >= 4 is 40.4 Å². The second kappa shape index (κ2) is 10.2. The summed E-state index contributed by atoms with van der Waals surface area (Å²) in [5.41, 5.74) is 1.27. The van der Waals surface area contributed by atoms with Gasteiger partial charge in [-0.3, -0.25) is 9.59 Å². The Morgan fingerprint density at radius 3 is 2.21 bits per heavy atom. The number of hydrogen-bond acceptors (Lipinski definition) is 3. The molecule has 28 heavy (non-hydrogen) atoms. The van der Waals surface area contributed by atoms with Gasteiger partial charge in [0.1, 0.15) is 17.9 Å². The van der Waals surface area contributed by atoms with Crippen LogP contribution in [0.1, 0.15) is 18.1 Å². The van der Waals surface area contributed by atoms with Crippen molar-refractivity contribution in [1.29, 1.82) is 0 Å². The van der Waals surface area contributed by atoms with Gasteiger partial charge in [0.2, 0.25) is 11.8 Å². The number of hydrogen-bond donors (Lipinski definition) is 3. The van der Waals surface area contributed by atoms with Crippen LogP contribution in [0, 0.1) is 9.39 Å². The molecule has 148 valence electrons. The Morgan fingerprint density at radius 1 is 1.00 bits per heavy atom. The minimum Gasteiger partial charge on any atom is -0.480 e. The number of amides is 2. The van der Waals surface area contributed by atoms with Gasteiger partial charge in [-0.15, -0.1) is 0 Å². The van der Waals surface area contributed by atoms with Crippen molar-refractivity contribution in [2.75, 3.05) is 0 Å². The maximum absolute atomic E-state index is 13.4. The smallest absolute Gasteiger partial charge is 0.326 e. The maximum atomic E-state index is 13.4. The second-order valence-corrected chi connectivity index (χ2v) is 7.56. The minimum atomic E-state index is -1.18. The van der Waals surface area contributed by atoms with Gasteiger partial charge in [-0.05, 0) is 58.0 Å². The van der Waals surface area contributed by atoms with Gasteiger partial charge in [0.05, 0.1) is 0 Å². The standard InChI is InChI=1S/C20H20FIN2O4/c1-12(25)23-17(11-14-3-2-4-15(21)9-14)19(26)24-18(20(27)28)10-13-5-7-16(22)8-6-13/h2-9,17-18H,10-11H2,1H3,(H,23,25)(H,24,26)(H,27,28)/t17-,18+/m1/s1. The van der Waals surface area contributed by atoms with Crippen molar-refractivity contribution in [3.63, 3.8) is 0 Å². The molecule has 3 N–H and O–H groups in total. The largest absolute Gasteiger partial charge is 0.480 e. The Bertz CT molecular complexity index is 858. The first-order chi connectivity index (χ1) is 13.2. The fourth-order valence-electron chi connectivity index (χ4n) is 2.68. The summed E-state index contributed by atoms with van der Waals surface area (Å²) in [6.45, 7) is 1.26. The molecule has 0 saturated heterocycles. The number of aliphatic carboxylic acids is 1. The van der Waals surface area contributed by atoms with Gasteiger partial charge in [0.25, 0.3) is 0 Å². The van der Waals surface area contributed by atoms with E-state index in [-0.39, 0.29) is 12.8 Å². The van der Waals surface area contributed by atoms with Crippen molar-refractivity contribution in [3.8, 4) is 0 Å². The molecule has 0 saturated carbocycles. The maximum Gasteiger partial charge on any atom is 0.326 e. The van der Waals surface area contributed by atoms with Crippen LogP contribution in [-0.2, 0) is 27.2 Å². The summed E-state index contributed by atoms with van der Waals surface area (Å²) in [6, 6.07) is 10.8. The number of rotatable bonds is 8. The Labute approximate surface area is 175 Å². The monoisotopic (exact) mass is 498 g/mol. The van der Waals surface area contributed by atoms with Gasteiger partial charge >= 0.3 is 5.97 Å². The molecule has 8 heteroatoms. The molecule has 0 aromatic heterocycles. The van der Waals surface area contributed by atoms with Gasteiger partial charge < -0.3 is 15.7 Å². The van der Waals surface area contributed by atoms with Gasteiger partial charge in [0.15, 0.2) is 0 Å². The van der Waals surface area contributed by atoms with Crippen LogP contribution in [0.2, 0.25) is 0 Å². The highest BCUT2D eigenvalue weighted by molar-refractivity contribution is 14.1. The van der Waals surface area contributed by atoms with Crippen LogP contribution >= 0.6 is 22.6 Å². The lowest BCUT2D eigenvalue weighted by Crippen LogP contribution is -2.52. The first-order valence-corrected chi connectivity index (χ1v) is 9.61. The van der Waals surface area contributed by atoms with Gasteiger partial charge in [-0.25, -0.2) is 9.18 Å². The van der Waals surface area contributed by atoms with Crippen LogP contribution in [0.5, 0.6) is 0 Å². The zero-order chi connectivity index (χ0) is 20.7. The van der Waals surface area contributed by atoms with Crippen molar-refractivity contribution in [1.82, 2.24) is 10.6 Å². The molecule has 0 unspecified atom stereocenters. The van der Waals surface area contributed by atoms with Crippen LogP contribution in [0.15, 0.2) is 48.5 Å². The zero-order valence-electron chi connectivity index (χ0n) is 15.1. The summed E-state index contributed by atoms with van der Waals surface area (Å²) >= 11 is 2.14. The lowest BCUT2D eigenvalue weighted by molar-refractivity contribution is -0.142. The summed E-state index contributed by atoms with van der Waals surface area (Å²) in [7, 11) is 0. The van der Waals surface area contributed by atoms with Crippen molar-refractivity contribution in [3.05, 3.63) is 69.0 Å². The Kier molecular flexibility index (Phi) is 7.91. The molecule has 0 heterocycles. The van der Waals surface area contributed by atoms with E-state index in [1.165, 1.54) is 25.1 Å². The summed E-state index contributed by atoms with van der Waals surface area (Å²) in [5.74, 6) is -2.72. The van der Waals surface area contributed by atoms with Crippen LogP contribution in [-0.4, -0.2) is 35.0 Å². The normalized spacial score (nSPS) is 12.7. The third-order valence-corrected chi connectivity index (χ3v) is 4.71. The fourth-order valence-corrected chi connectivity index (χ4v) is 3.04.